The quantitative estimate of drug-likeness (QED) is 0.476. The van der Waals surface area contributed by atoms with E-state index in [1.54, 1.807) is 40.9 Å². The molecule has 3 aromatic rings. The first kappa shape index (κ1) is 23.6. The number of carbonyl (C=O) groups is 3. The van der Waals surface area contributed by atoms with Gasteiger partial charge in [0, 0.05) is 15.4 Å². The van der Waals surface area contributed by atoms with Gasteiger partial charge in [-0.2, -0.15) is 0 Å². The molecule has 174 valence electrons. The van der Waals surface area contributed by atoms with Crippen LogP contribution in [0.2, 0.25) is 0 Å². The highest BCUT2D eigenvalue weighted by atomic mass is 32.2. The van der Waals surface area contributed by atoms with E-state index < -0.39 is 18.6 Å². The van der Waals surface area contributed by atoms with Crippen LogP contribution in [0, 0.1) is 5.92 Å². The maximum Gasteiger partial charge on any atom is 0.329 e. The molecule has 6 nitrogen and oxygen atoms in total. The number of rotatable bonds is 7. The maximum atomic E-state index is 13.3. The minimum Gasteiger partial charge on any atom is -0.454 e. The molecule has 1 aliphatic rings. The lowest BCUT2D eigenvalue weighted by Gasteiger charge is -2.31. The highest BCUT2D eigenvalue weighted by molar-refractivity contribution is 7.99. The molecule has 0 saturated carbocycles. The van der Waals surface area contributed by atoms with Gasteiger partial charge < -0.3 is 10.1 Å². The average Bonchev–Trinajstić information content (AvgIpc) is 2.85. The predicted molar refractivity (Wildman–Crippen MR) is 132 cm³/mol. The van der Waals surface area contributed by atoms with E-state index in [0.717, 1.165) is 21.2 Å². The molecule has 0 aromatic heterocycles. The van der Waals surface area contributed by atoms with Crippen LogP contribution >= 0.6 is 11.8 Å². The van der Waals surface area contributed by atoms with Gasteiger partial charge in [0.25, 0.3) is 11.8 Å². The first-order valence-corrected chi connectivity index (χ1v) is 12.0. The van der Waals surface area contributed by atoms with Gasteiger partial charge in [0.1, 0.15) is 6.04 Å². The van der Waals surface area contributed by atoms with Crippen LogP contribution in [-0.2, 0) is 14.3 Å². The zero-order valence-corrected chi connectivity index (χ0v) is 19.9. The highest BCUT2D eigenvalue weighted by Gasteiger charge is 2.30. The summed E-state index contributed by atoms with van der Waals surface area (Å²) in [6, 6.07) is 23.1. The second-order valence-corrected chi connectivity index (χ2v) is 9.48. The fourth-order valence-corrected chi connectivity index (χ4v) is 4.85. The lowest BCUT2D eigenvalue weighted by Crippen LogP contribution is -2.44. The van der Waals surface area contributed by atoms with E-state index in [1.165, 1.54) is 0 Å². The van der Waals surface area contributed by atoms with Crippen LogP contribution in [-0.4, -0.2) is 30.4 Å². The average molecular weight is 475 g/mol. The Kier molecular flexibility index (Phi) is 7.33. The minimum absolute atomic E-state index is 0.141. The molecule has 2 amide bonds. The van der Waals surface area contributed by atoms with Crippen molar-refractivity contribution in [2.75, 3.05) is 11.5 Å². The number of amides is 2. The van der Waals surface area contributed by atoms with E-state index in [0.29, 0.717) is 12.0 Å². The first-order chi connectivity index (χ1) is 16.4. The number of hydrogen-bond donors (Lipinski definition) is 1. The SMILES string of the molecule is CC(C)C[C@H](NC(=O)c1ccccc1)C(=O)OCC(=O)N1c2ccccc2Sc2ccccc21. The van der Waals surface area contributed by atoms with Gasteiger partial charge in [-0.3, -0.25) is 14.5 Å². The summed E-state index contributed by atoms with van der Waals surface area (Å²) in [5.74, 6) is -1.20. The second-order valence-electron chi connectivity index (χ2n) is 8.40. The van der Waals surface area contributed by atoms with E-state index in [4.69, 9.17) is 4.74 Å². The van der Waals surface area contributed by atoms with Gasteiger partial charge in [0.15, 0.2) is 6.61 Å². The van der Waals surface area contributed by atoms with Crippen LogP contribution in [0.25, 0.3) is 0 Å². The largest absolute Gasteiger partial charge is 0.454 e. The number of carbonyl (C=O) groups excluding carboxylic acids is 3. The Morgan fingerprint density at radius 3 is 2.00 bits per heavy atom. The number of fused-ring (bicyclic) bond motifs is 2. The minimum atomic E-state index is -0.850. The van der Waals surface area contributed by atoms with Gasteiger partial charge in [-0.15, -0.1) is 0 Å². The molecule has 1 atom stereocenters. The molecule has 0 bridgehead atoms. The Balaban J connectivity index is 1.48. The number of nitrogens with one attached hydrogen (secondary N) is 1. The van der Waals surface area contributed by atoms with Crippen molar-refractivity contribution < 1.29 is 19.1 Å². The summed E-state index contributed by atoms with van der Waals surface area (Å²) in [4.78, 5) is 42.3. The number of ether oxygens (including phenoxy) is 1. The smallest absolute Gasteiger partial charge is 0.329 e. The fraction of sp³-hybridized carbons (Fsp3) is 0.222. The van der Waals surface area contributed by atoms with Crippen LogP contribution in [0.5, 0.6) is 0 Å². The normalized spacial score (nSPS) is 13.0. The van der Waals surface area contributed by atoms with Crippen molar-refractivity contribution in [3.8, 4) is 0 Å². The number of para-hydroxylation sites is 2. The van der Waals surface area contributed by atoms with Crippen LogP contribution in [0.4, 0.5) is 11.4 Å². The predicted octanol–water partition coefficient (Wildman–Crippen LogP) is 5.20. The Labute approximate surface area is 203 Å². The summed E-state index contributed by atoms with van der Waals surface area (Å²) < 4.78 is 5.44. The van der Waals surface area contributed by atoms with Crippen molar-refractivity contribution in [1.29, 1.82) is 0 Å². The summed E-state index contributed by atoms with van der Waals surface area (Å²) in [7, 11) is 0. The van der Waals surface area contributed by atoms with Crippen molar-refractivity contribution in [3.63, 3.8) is 0 Å². The van der Waals surface area contributed by atoms with Gasteiger partial charge >= 0.3 is 5.97 Å². The lowest BCUT2D eigenvalue weighted by molar-refractivity contribution is -0.150. The molecule has 0 fully saturated rings. The summed E-state index contributed by atoms with van der Waals surface area (Å²) in [6.45, 7) is 3.49. The number of esters is 1. The lowest BCUT2D eigenvalue weighted by atomic mass is 10.0. The van der Waals surface area contributed by atoms with E-state index in [9.17, 15) is 14.4 Å². The van der Waals surface area contributed by atoms with Gasteiger partial charge in [0.2, 0.25) is 0 Å². The summed E-state index contributed by atoms with van der Waals surface area (Å²) in [6.07, 6.45) is 0.400. The summed E-state index contributed by atoms with van der Waals surface area (Å²) in [5.41, 5.74) is 1.96. The summed E-state index contributed by atoms with van der Waals surface area (Å²) >= 11 is 1.60. The topological polar surface area (TPSA) is 75.7 Å². The fourth-order valence-electron chi connectivity index (χ4n) is 3.79. The van der Waals surface area contributed by atoms with Gasteiger partial charge in [-0.25, -0.2) is 4.79 Å². The standard InChI is InChI=1S/C27H26N2O4S/c1-18(2)16-20(28-26(31)19-10-4-3-5-11-19)27(32)33-17-25(30)29-21-12-6-8-14-23(21)34-24-15-9-7-13-22(24)29/h3-15,18,20H,16-17H2,1-2H3,(H,28,31)/t20-/m0/s1. The Morgan fingerprint density at radius 2 is 1.41 bits per heavy atom. The molecule has 3 aromatic carbocycles. The third-order valence-corrected chi connectivity index (χ3v) is 6.48. The first-order valence-electron chi connectivity index (χ1n) is 11.2. The Morgan fingerprint density at radius 1 is 0.853 bits per heavy atom. The molecule has 1 N–H and O–H groups in total. The molecule has 0 radical (unpaired) electrons. The molecular weight excluding hydrogens is 448 g/mol. The van der Waals surface area contributed by atoms with E-state index in [1.807, 2.05) is 68.4 Å². The zero-order valence-electron chi connectivity index (χ0n) is 19.1. The zero-order chi connectivity index (χ0) is 24.1. The maximum absolute atomic E-state index is 13.3. The number of benzene rings is 3. The second kappa shape index (κ2) is 10.6. The highest BCUT2D eigenvalue weighted by Crippen LogP contribution is 2.47. The Bertz CT molecular complexity index is 1150. The van der Waals surface area contributed by atoms with E-state index in [-0.39, 0.29) is 17.7 Å². The molecule has 4 rings (SSSR count). The van der Waals surface area contributed by atoms with Crippen molar-refractivity contribution in [2.45, 2.75) is 36.1 Å². The van der Waals surface area contributed by atoms with Crippen molar-refractivity contribution in [1.82, 2.24) is 5.32 Å². The van der Waals surface area contributed by atoms with Crippen LogP contribution in [0.15, 0.2) is 88.7 Å². The molecule has 0 aliphatic carbocycles. The third kappa shape index (κ3) is 5.31. The molecule has 0 unspecified atom stereocenters. The van der Waals surface area contributed by atoms with Gasteiger partial charge in [0.05, 0.1) is 11.4 Å². The summed E-state index contributed by atoms with van der Waals surface area (Å²) in [5, 5.41) is 2.76. The number of anilines is 2. The van der Waals surface area contributed by atoms with Crippen molar-refractivity contribution in [3.05, 3.63) is 84.4 Å². The molecule has 1 aliphatic heterocycles. The van der Waals surface area contributed by atoms with E-state index >= 15 is 0 Å². The van der Waals surface area contributed by atoms with Crippen molar-refractivity contribution in [2.24, 2.45) is 5.92 Å². The van der Waals surface area contributed by atoms with Crippen LogP contribution in [0.1, 0.15) is 30.6 Å². The van der Waals surface area contributed by atoms with Crippen LogP contribution < -0.4 is 10.2 Å². The number of hydrogen-bond acceptors (Lipinski definition) is 5. The van der Waals surface area contributed by atoms with Crippen LogP contribution in [0.3, 0.4) is 0 Å². The molecular formula is C27H26N2O4S. The molecule has 0 spiro atoms. The molecule has 0 saturated heterocycles. The third-order valence-electron chi connectivity index (χ3n) is 5.35. The van der Waals surface area contributed by atoms with Crippen molar-refractivity contribution >= 4 is 40.9 Å². The molecule has 1 heterocycles. The van der Waals surface area contributed by atoms with E-state index in [2.05, 4.69) is 5.32 Å². The Hall–Kier alpha value is -3.58. The number of nitrogens with zero attached hydrogens (tertiary/aromatic N) is 1. The molecule has 34 heavy (non-hydrogen) atoms. The van der Waals surface area contributed by atoms with Gasteiger partial charge in [-0.1, -0.05) is 68.1 Å². The molecule has 7 heteroatoms. The monoisotopic (exact) mass is 474 g/mol. The van der Waals surface area contributed by atoms with Gasteiger partial charge in [-0.05, 0) is 48.7 Å².